The summed E-state index contributed by atoms with van der Waals surface area (Å²) in [5.74, 6) is -0.971. The molecule has 0 amide bonds. The summed E-state index contributed by atoms with van der Waals surface area (Å²) in [4.78, 5) is -0.537. The average Bonchev–Trinajstić information content (AvgIpc) is 2.53. The first-order valence-electron chi connectivity index (χ1n) is 6.63. The van der Waals surface area contributed by atoms with Gasteiger partial charge in [-0.1, -0.05) is 23.7 Å². The molecule has 6 nitrogen and oxygen atoms in total. The smallest absolute Gasteiger partial charge is 0.214 e. The van der Waals surface area contributed by atoms with Crippen LogP contribution in [-0.2, 0) is 26.6 Å². The van der Waals surface area contributed by atoms with E-state index in [-0.39, 0.29) is 16.5 Å². The summed E-state index contributed by atoms with van der Waals surface area (Å²) >= 11 is 5.60. The maximum Gasteiger partial charge on any atom is 0.243 e. The summed E-state index contributed by atoms with van der Waals surface area (Å²) in [6.45, 7) is -0.197. The molecule has 2 N–H and O–H groups in total. The van der Waals surface area contributed by atoms with Gasteiger partial charge in [0.2, 0.25) is 20.0 Å². The Hall–Kier alpha value is -1.52. The fourth-order valence-electron chi connectivity index (χ4n) is 1.89. The number of nitrogens with one attached hydrogen (secondary N) is 2. The highest BCUT2D eigenvalue weighted by Crippen LogP contribution is 2.19. The molecule has 0 saturated heterocycles. The summed E-state index contributed by atoms with van der Waals surface area (Å²) < 4.78 is 65.9. The number of halogens is 2. The van der Waals surface area contributed by atoms with Crippen molar-refractivity contribution in [3.63, 3.8) is 0 Å². The second kappa shape index (κ2) is 7.16. The van der Waals surface area contributed by atoms with Crippen molar-refractivity contribution in [3.8, 4) is 0 Å². The third kappa shape index (κ3) is 4.31. The van der Waals surface area contributed by atoms with Gasteiger partial charge in [0, 0.05) is 11.6 Å². The molecule has 2 aromatic carbocycles. The molecular formula is C14H14ClFN2O4S2. The van der Waals surface area contributed by atoms with Crippen LogP contribution in [0, 0.1) is 5.82 Å². The second-order valence-electron chi connectivity index (χ2n) is 4.75. The highest BCUT2D eigenvalue weighted by atomic mass is 35.5. The van der Waals surface area contributed by atoms with Gasteiger partial charge in [0.15, 0.2) is 0 Å². The molecule has 130 valence electrons. The van der Waals surface area contributed by atoms with Crippen LogP contribution in [0.25, 0.3) is 0 Å². The fraction of sp³-hybridized carbons (Fsp3) is 0.143. The maximum absolute atomic E-state index is 13.7. The molecule has 0 unspecified atom stereocenters. The van der Waals surface area contributed by atoms with Crippen LogP contribution in [0.1, 0.15) is 5.56 Å². The zero-order valence-corrected chi connectivity index (χ0v) is 14.8. The van der Waals surface area contributed by atoms with Crippen molar-refractivity contribution in [2.75, 3.05) is 7.05 Å². The highest BCUT2D eigenvalue weighted by Gasteiger charge is 2.19. The van der Waals surface area contributed by atoms with Crippen LogP contribution >= 0.6 is 11.6 Å². The molecule has 0 saturated carbocycles. The molecule has 10 heteroatoms. The first kappa shape index (κ1) is 18.8. The van der Waals surface area contributed by atoms with Crippen molar-refractivity contribution in [3.05, 3.63) is 58.9 Å². The largest absolute Gasteiger partial charge is 0.243 e. The van der Waals surface area contributed by atoms with Crippen molar-refractivity contribution in [1.29, 1.82) is 0 Å². The molecular weight excluding hydrogens is 379 g/mol. The molecule has 0 aromatic heterocycles. The van der Waals surface area contributed by atoms with E-state index in [1.54, 1.807) is 6.07 Å². The number of hydrogen-bond acceptors (Lipinski definition) is 4. The van der Waals surface area contributed by atoms with Gasteiger partial charge in [-0.25, -0.2) is 30.7 Å². The van der Waals surface area contributed by atoms with Crippen LogP contribution in [0.4, 0.5) is 4.39 Å². The van der Waals surface area contributed by atoms with Gasteiger partial charge in [-0.3, -0.25) is 0 Å². The number of benzene rings is 2. The first-order valence-corrected chi connectivity index (χ1v) is 9.97. The molecule has 0 radical (unpaired) electrons. The van der Waals surface area contributed by atoms with Gasteiger partial charge >= 0.3 is 0 Å². The van der Waals surface area contributed by atoms with E-state index in [0.717, 1.165) is 12.1 Å². The van der Waals surface area contributed by atoms with Gasteiger partial charge in [-0.15, -0.1) is 0 Å². The van der Waals surface area contributed by atoms with E-state index in [2.05, 4.69) is 9.44 Å². The Labute approximate surface area is 144 Å². The summed E-state index contributed by atoms with van der Waals surface area (Å²) in [5.41, 5.74) is 0.407. The van der Waals surface area contributed by atoms with Crippen LogP contribution < -0.4 is 9.44 Å². The normalized spacial score (nSPS) is 12.3. The lowest BCUT2D eigenvalue weighted by molar-refractivity contribution is 0.557. The highest BCUT2D eigenvalue weighted by molar-refractivity contribution is 7.89. The van der Waals surface area contributed by atoms with E-state index in [0.29, 0.717) is 5.56 Å². The lowest BCUT2D eigenvalue weighted by atomic mass is 10.2. The standard InChI is InChI=1S/C14H14ClFN2O4S2/c1-17-23(19,20)12-4-2-3-10(7-12)9-18-24(21,22)14-6-5-11(15)8-13(14)16/h2-8,17-18H,9H2,1H3. The van der Waals surface area contributed by atoms with Crippen molar-refractivity contribution >= 4 is 31.6 Å². The van der Waals surface area contributed by atoms with Crippen molar-refractivity contribution in [2.45, 2.75) is 16.3 Å². The Morgan fingerprint density at radius 1 is 1.04 bits per heavy atom. The quantitative estimate of drug-likeness (QED) is 0.784. The molecule has 0 heterocycles. The van der Waals surface area contributed by atoms with Crippen molar-refractivity contribution < 1.29 is 21.2 Å². The zero-order chi connectivity index (χ0) is 18.0. The maximum atomic E-state index is 13.7. The number of rotatable bonds is 6. The predicted molar refractivity (Wildman–Crippen MR) is 88.1 cm³/mol. The lowest BCUT2D eigenvalue weighted by Crippen LogP contribution is -2.24. The van der Waals surface area contributed by atoms with Crippen molar-refractivity contribution in [2.24, 2.45) is 0 Å². The van der Waals surface area contributed by atoms with Gasteiger partial charge in [0.1, 0.15) is 10.7 Å². The van der Waals surface area contributed by atoms with Gasteiger partial charge < -0.3 is 0 Å². The Morgan fingerprint density at radius 2 is 1.75 bits per heavy atom. The lowest BCUT2D eigenvalue weighted by Gasteiger charge is -2.09. The minimum Gasteiger partial charge on any atom is -0.214 e. The van der Waals surface area contributed by atoms with Gasteiger partial charge in [0.05, 0.1) is 4.90 Å². The van der Waals surface area contributed by atoms with Crippen LogP contribution in [0.2, 0.25) is 5.02 Å². The van der Waals surface area contributed by atoms with Crippen LogP contribution in [0.3, 0.4) is 0 Å². The molecule has 24 heavy (non-hydrogen) atoms. The Kier molecular flexibility index (Phi) is 5.61. The van der Waals surface area contributed by atoms with E-state index >= 15 is 0 Å². The molecule has 0 spiro atoms. The molecule has 0 bridgehead atoms. The summed E-state index contributed by atoms with van der Waals surface area (Å²) in [6.07, 6.45) is 0. The van der Waals surface area contributed by atoms with E-state index < -0.39 is 30.8 Å². The van der Waals surface area contributed by atoms with E-state index in [9.17, 15) is 21.2 Å². The molecule has 0 aliphatic heterocycles. The van der Waals surface area contributed by atoms with Gasteiger partial charge in [-0.2, -0.15) is 0 Å². The Bertz CT molecular complexity index is 962. The first-order chi connectivity index (χ1) is 11.2. The van der Waals surface area contributed by atoms with Crippen LogP contribution in [-0.4, -0.2) is 23.9 Å². The van der Waals surface area contributed by atoms with Crippen LogP contribution in [0.15, 0.2) is 52.3 Å². The number of hydrogen-bond donors (Lipinski definition) is 2. The minimum absolute atomic E-state index is 0.000582. The Morgan fingerprint density at radius 3 is 2.38 bits per heavy atom. The van der Waals surface area contributed by atoms with Crippen LogP contribution in [0.5, 0.6) is 0 Å². The average molecular weight is 393 g/mol. The molecule has 2 aromatic rings. The SMILES string of the molecule is CNS(=O)(=O)c1cccc(CNS(=O)(=O)c2ccc(Cl)cc2F)c1. The minimum atomic E-state index is -4.11. The van der Waals surface area contributed by atoms with E-state index in [1.807, 2.05) is 0 Å². The fourth-order valence-corrected chi connectivity index (χ4v) is 3.92. The monoisotopic (exact) mass is 392 g/mol. The summed E-state index contributed by atoms with van der Waals surface area (Å²) in [7, 11) is -6.48. The molecule has 2 rings (SSSR count). The topological polar surface area (TPSA) is 92.3 Å². The molecule has 0 aliphatic carbocycles. The third-order valence-electron chi connectivity index (χ3n) is 3.13. The number of sulfonamides is 2. The predicted octanol–water partition coefficient (Wildman–Crippen LogP) is 1.87. The van der Waals surface area contributed by atoms with Crippen molar-refractivity contribution in [1.82, 2.24) is 9.44 Å². The molecule has 0 atom stereocenters. The van der Waals surface area contributed by atoms with Gasteiger partial charge in [0.25, 0.3) is 0 Å². The molecule has 0 fully saturated rings. The zero-order valence-electron chi connectivity index (χ0n) is 12.5. The second-order valence-corrected chi connectivity index (χ2v) is 8.81. The van der Waals surface area contributed by atoms with Gasteiger partial charge in [-0.05, 0) is 42.9 Å². The van der Waals surface area contributed by atoms with E-state index in [4.69, 9.17) is 11.6 Å². The third-order valence-corrected chi connectivity index (χ3v) is 6.21. The molecule has 0 aliphatic rings. The Balaban J connectivity index is 2.23. The summed E-state index contributed by atoms with van der Waals surface area (Å²) in [6, 6.07) is 8.96. The van der Waals surface area contributed by atoms with E-state index in [1.165, 1.54) is 31.3 Å². The summed E-state index contributed by atoms with van der Waals surface area (Å²) in [5, 5.41) is 0.0800.